The highest BCUT2D eigenvalue weighted by Gasteiger charge is 2.15. The number of esters is 1. The molecule has 0 heterocycles. The largest absolute Gasteiger partial charge is 0.480 e. The third kappa shape index (κ3) is 5.45. The van der Waals surface area contributed by atoms with Crippen LogP contribution < -0.4 is 5.32 Å². The number of carboxylic acid groups (broad SMARTS) is 1. The quantitative estimate of drug-likeness (QED) is 0.273. The van der Waals surface area contributed by atoms with Gasteiger partial charge >= 0.3 is 11.9 Å². The molecule has 0 aliphatic rings. The summed E-state index contributed by atoms with van der Waals surface area (Å²) in [7, 11) is 0. The van der Waals surface area contributed by atoms with Crippen LogP contribution in [0.5, 0.6) is 0 Å². The van der Waals surface area contributed by atoms with Crippen molar-refractivity contribution in [2.75, 3.05) is 13.2 Å². The first-order valence-corrected chi connectivity index (χ1v) is 4.32. The van der Waals surface area contributed by atoms with Crippen molar-refractivity contribution in [2.45, 2.75) is 13.8 Å². The molecule has 6 nitrogen and oxygen atoms in total. The molecular formula is C9H13NO5. The van der Waals surface area contributed by atoms with Crippen molar-refractivity contribution in [3.05, 3.63) is 11.8 Å². The number of carbonyl (C=O) groups is 3. The molecule has 0 aromatic heterocycles. The van der Waals surface area contributed by atoms with Gasteiger partial charge in [0, 0.05) is 6.20 Å². The van der Waals surface area contributed by atoms with E-state index in [-0.39, 0.29) is 18.7 Å². The number of carbonyl (C=O) groups excluding carboxylic acids is 2. The van der Waals surface area contributed by atoms with Crippen molar-refractivity contribution in [1.82, 2.24) is 5.32 Å². The lowest BCUT2D eigenvalue weighted by Gasteiger charge is -2.03. The molecule has 0 radical (unpaired) electrons. The van der Waals surface area contributed by atoms with Gasteiger partial charge in [-0.1, -0.05) is 0 Å². The van der Waals surface area contributed by atoms with Gasteiger partial charge < -0.3 is 15.2 Å². The molecule has 0 aromatic carbocycles. The number of rotatable bonds is 6. The number of nitrogens with one attached hydrogen (secondary N) is 1. The second kappa shape index (κ2) is 6.58. The van der Waals surface area contributed by atoms with Gasteiger partial charge in [0.15, 0.2) is 5.78 Å². The minimum Gasteiger partial charge on any atom is -0.480 e. The van der Waals surface area contributed by atoms with Gasteiger partial charge in [-0.3, -0.25) is 9.59 Å². The average Bonchev–Trinajstić information content (AvgIpc) is 2.11. The predicted octanol–water partition coefficient (Wildman–Crippen LogP) is -0.303. The molecule has 0 aromatic rings. The molecular weight excluding hydrogens is 202 g/mol. The molecule has 0 fully saturated rings. The number of hydrogen-bond donors (Lipinski definition) is 2. The van der Waals surface area contributed by atoms with E-state index in [1.807, 2.05) is 0 Å². The highest BCUT2D eigenvalue weighted by atomic mass is 16.5. The maximum absolute atomic E-state index is 11.2. The van der Waals surface area contributed by atoms with Gasteiger partial charge in [-0.15, -0.1) is 0 Å². The van der Waals surface area contributed by atoms with Gasteiger partial charge in [0.05, 0.1) is 6.61 Å². The molecule has 2 N–H and O–H groups in total. The van der Waals surface area contributed by atoms with Crippen molar-refractivity contribution < 1.29 is 24.2 Å². The van der Waals surface area contributed by atoms with Crippen molar-refractivity contribution in [2.24, 2.45) is 0 Å². The molecule has 84 valence electrons. The van der Waals surface area contributed by atoms with Gasteiger partial charge in [-0.05, 0) is 13.8 Å². The molecule has 0 unspecified atom stereocenters. The predicted molar refractivity (Wildman–Crippen MR) is 51.0 cm³/mol. The highest BCUT2D eigenvalue weighted by Crippen LogP contribution is 1.98. The maximum Gasteiger partial charge on any atom is 0.343 e. The van der Waals surface area contributed by atoms with Crippen LogP contribution in [0.15, 0.2) is 11.8 Å². The zero-order chi connectivity index (χ0) is 11.8. The number of carboxylic acids is 1. The number of Topliss-reactive ketones (excluding diaryl/α,β-unsaturated/α-hetero) is 1. The van der Waals surface area contributed by atoms with Crippen molar-refractivity contribution in [3.8, 4) is 0 Å². The average molecular weight is 215 g/mol. The highest BCUT2D eigenvalue weighted by molar-refractivity contribution is 6.16. The van der Waals surface area contributed by atoms with Crippen LogP contribution >= 0.6 is 0 Å². The Balaban J connectivity index is 4.44. The smallest absolute Gasteiger partial charge is 0.343 e. The third-order valence-corrected chi connectivity index (χ3v) is 1.37. The Morgan fingerprint density at radius 3 is 2.40 bits per heavy atom. The SMILES string of the molecule is CCOC(=O)/C(=C/NCC(=O)O)C(C)=O. The van der Waals surface area contributed by atoms with Crippen molar-refractivity contribution in [1.29, 1.82) is 0 Å². The standard InChI is InChI=1S/C9H13NO5/c1-3-15-9(14)7(6(2)11)4-10-5-8(12)13/h4,10H,3,5H2,1-2H3,(H,12,13)/b7-4+. The van der Waals surface area contributed by atoms with Crippen LogP contribution in [0.2, 0.25) is 0 Å². The van der Waals surface area contributed by atoms with E-state index in [1.54, 1.807) is 6.92 Å². The van der Waals surface area contributed by atoms with Gasteiger partial charge in [0.2, 0.25) is 0 Å². The van der Waals surface area contributed by atoms with Gasteiger partial charge in [0.25, 0.3) is 0 Å². The van der Waals surface area contributed by atoms with Crippen LogP contribution in [0, 0.1) is 0 Å². The van der Waals surface area contributed by atoms with Crippen LogP contribution in [0.25, 0.3) is 0 Å². The monoisotopic (exact) mass is 215 g/mol. The van der Waals surface area contributed by atoms with E-state index < -0.39 is 17.7 Å². The molecule has 0 aliphatic heterocycles. The summed E-state index contributed by atoms with van der Waals surface area (Å²) in [5.74, 6) is -2.33. The fraction of sp³-hybridized carbons (Fsp3) is 0.444. The molecule has 0 bridgehead atoms. The number of aliphatic carboxylic acids is 1. The Morgan fingerprint density at radius 2 is 2.00 bits per heavy atom. The second-order valence-corrected chi connectivity index (χ2v) is 2.61. The van der Waals surface area contributed by atoms with E-state index in [0.717, 1.165) is 6.20 Å². The summed E-state index contributed by atoms with van der Waals surface area (Å²) in [4.78, 5) is 32.3. The van der Waals surface area contributed by atoms with Crippen molar-refractivity contribution in [3.63, 3.8) is 0 Å². The van der Waals surface area contributed by atoms with E-state index in [9.17, 15) is 14.4 Å². The summed E-state index contributed by atoms with van der Waals surface area (Å²) in [6.07, 6.45) is 1.05. The fourth-order valence-electron chi connectivity index (χ4n) is 0.754. The summed E-state index contributed by atoms with van der Waals surface area (Å²) in [5.41, 5.74) is -0.196. The minimum atomic E-state index is -1.09. The second-order valence-electron chi connectivity index (χ2n) is 2.61. The Kier molecular flexibility index (Phi) is 5.77. The first-order valence-electron chi connectivity index (χ1n) is 4.32. The summed E-state index contributed by atoms with van der Waals surface area (Å²) in [6, 6.07) is 0. The Morgan fingerprint density at radius 1 is 1.40 bits per heavy atom. The molecule has 15 heavy (non-hydrogen) atoms. The van der Waals surface area contributed by atoms with Crippen LogP contribution in [0.1, 0.15) is 13.8 Å². The van der Waals surface area contributed by atoms with Crippen LogP contribution in [0.3, 0.4) is 0 Å². The Hall–Kier alpha value is -1.85. The van der Waals surface area contributed by atoms with Crippen LogP contribution in [0.4, 0.5) is 0 Å². The lowest BCUT2D eigenvalue weighted by Crippen LogP contribution is -2.21. The molecule has 0 saturated carbocycles. The molecule has 0 amide bonds. The first-order chi connectivity index (χ1) is 6.99. The van der Waals surface area contributed by atoms with Crippen LogP contribution in [-0.2, 0) is 19.1 Å². The summed E-state index contributed by atoms with van der Waals surface area (Å²) < 4.78 is 4.61. The van der Waals surface area contributed by atoms with Gasteiger partial charge in [-0.25, -0.2) is 4.79 Å². The summed E-state index contributed by atoms with van der Waals surface area (Å²) >= 11 is 0. The zero-order valence-corrected chi connectivity index (χ0v) is 8.57. The van der Waals surface area contributed by atoms with E-state index in [1.165, 1.54) is 6.92 Å². The lowest BCUT2D eigenvalue weighted by atomic mass is 10.2. The summed E-state index contributed by atoms with van der Waals surface area (Å²) in [6.45, 7) is 2.60. The molecule has 0 saturated heterocycles. The van der Waals surface area contributed by atoms with Gasteiger partial charge in [-0.2, -0.15) is 0 Å². The van der Waals surface area contributed by atoms with E-state index in [2.05, 4.69) is 10.1 Å². The first kappa shape index (κ1) is 13.2. The zero-order valence-electron chi connectivity index (χ0n) is 8.57. The van der Waals surface area contributed by atoms with E-state index in [0.29, 0.717) is 0 Å². The fourth-order valence-corrected chi connectivity index (χ4v) is 0.754. The normalized spacial score (nSPS) is 10.7. The van der Waals surface area contributed by atoms with Crippen LogP contribution in [-0.4, -0.2) is 36.0 Å². The Labute approximate surface area is 86.9 Å². The lowest BCUT2D eigenvalue weighted by molar-refractivity contribution is -0.140. The Bertz CT molecular complexity index is 295. The number of ether oxygens (including phenoxy) is 1. The third-order valence-electron chi connectivity index (χ3n) is 1.37. The van der Waals surface area contributed by atoms with E-state index >= 15 is 0 Å². The number of ketones is 1. The topological polar surface area (TPSA) is 92.7 Å². The molecule has 0 atom stereocenters. The van der Waals surface area contributed by atoms with E-state index in [4.69, 9.17) is 5.11 Å². The number of hydrogen-bond acceptors (Lipinski definition) is 5. The van der Waals surface area contributed by atoms with Gasteiger partial charge in [0.1, 0.15) is 12.1 Å². The molecule has 6 heteroatoms. The summed E-state index contributed by atoms with van der Waals surface area (Å²) in [5, 5.41) is 10.6. The molecule has 0 spiro atoms. The maximum atomic E-state index is 11.2. The minimum absolute atomic E-state index is 0.155. The van der Waals surface area contributed by atoms with Crippen molar-refractivity contribution >= 4 is 17.7 Å². The molecule has 0 aliphatic carbocycles. The molecule has 0 rings (SSSR count).